The van der Waals surface area contributed by atoms with Gasteiger partial charge in [-0.3, -0.25) is 4.79 Å². The quantitative estimate of drug-likeness (QED) is 0.821. The Balaban J connectivity index is 1.50. The van der Waals surface area contributed by atoms with Crippen molar-refractivity contribution < 1.29 is 4.79 Å². The molecule has 0 aromatic heterocycles. The first-order valence-corrected chi connectivity index (χ1v) is 11.3. The van der Waals surface area contributed by atoms with E-state index in [0.29, 0.717) is 17.2 Å². The molecule has 5 fully saturated rings. The second-order valence-corrected chi connectivity index (χ2v) is 11.9. The molecule has 1 saturated heterocycles. The Labute approximate surface area is 170 Å². The van der Waals surface area contributed by atoms with Crippen LogP contribution in [-0.2, 0) is 10.2 Å². The summed E-state index contributed by atoms with van der Waals surface area (Å²) in [4.78, 5) is 16.2. The van der Waals surface area contributed by atoms with E-state index in [1.54, 1.807) is 0 Å². The standard InChI is InChI=1S/C25H36N2O/c1-22(2)17-27(10-9-20(22)26)21(28)25-13-18-11-23(3,15-25)14-24(12-18,16-25)19-7-5-4-6-8-19/h4-8,18,20H,9-17,26H2,1-3H3/t18?,20-,23-,24-,25?/m0/s1. The Kier molecular flexibility index (Phi) is 3.89. The summed E-state index contributed by atoms with van der Waals surface area (Å²) in [5, 5.41) is 0. The molecule has 1 aromatic carbocycles. The number of nitrogens with zero attached hydrogens (tertiary/aromatic N) is 1. The predicted octanol–water partition coefficient (Wildman–Crippen LogP) is 4.50. The summed E-state index contributed by atoms with van der Waals surface area (Å²) in [6, 6.07) is 11.3. The van der Waals surface area contributed by atoms with Gasteiger partial charge in [0.2, 0.25) is 5.91 Å². The maximum Gasteiger partial charge on any atom is 0.228 e. The lowest BCUT2D eigenvalue weighted by Crippen LogP contribution is -2.64. The van der Waals surface area contributed by atoms with Crippen LogP contribution in [-0.4, -0.2) is 29.9 Å². The lowest BCUT2D eigenvalue weighted by atomic mass is 9.38. The van der Waals surface area contributed by atoms with Gasteiger partial charge < -0.3 is 10.6 Å². The summed E-state index contributed by atoms with van der Waals surface area (Å²) in [5.74, 6) is 1.15. The topological polar surface area (TPSA) is 46.3 Å². The molecule has 5 aliphatic rings. The molecule has 2 unspecified atom stereocenters. The number of piperidine rings is 1. The van der Waals surface area contributed by atoms with E-state index in [2.05, 4.69) is 56.0 Å². The summed E-state index contributed by atoms with van der Waals surface area (Å²) < 4.78 is 0. The summed E-state index contributed by atoms with van der Waals surface area (Å²) in [7, 11) is 0. The van der Waals surface area contributed by atoms with Gasteiger partial charge in [-0.2, -0.15) is 0 Å². The van der Waals surface area contributed by atoms with Crippen LogP contribution in [0.5, 0.6) is 0 Å². The number of hydrogen-bond acceptors (Lipinski definition) is 2. The van der Waals surface area contributed by atoms with Gasteiger partial charge in [-0.05, 0) is 72.7 Å². The van der Waals surface area contributed by atoms with Gasteiger partial charge in [0.1, 0.15) is 0 Å². The lowest BCUT2D eigenvalue weighted by Gasteiger charge is -2.66. The summed E-state index contributed by atoms with van der Waals surface area (Å²) in [6.45, 7) is 8.57. The molecular weight excluding hydrogens is 344 g/mol. The third kappa shape index (κ3) is 2.69. The number of rotatable bonds is 2. The molecule has 5 atom stereocenters. The minimum Gasteiger partial charge on any atom is -0.342 e. The van der Waals surface area contributed by atoms with Crippen LogP contribution in [0.1, 0.15) is 71.3 Å². The van der Waals surface area contributed by atoms with Gasteiger partial charge in [0, 0.05) is 19.1 Å². The van der Waals surface area contributed by atoms with Gasteiger partial charge in [0.25, 0.3) is 0 Å². The lowest BCUT2D eigenvalue weighted by molar-refractivity contribution is -0.173. The average Bonchev–Trinajstić information content (AvgIpc) is 2.62. The van der Waals surface area contributed by atoms with Crippen LogP contribution in [0.25, 0.3) is 0 Å². The molecule has 4 saturated carbocycles. The van der Waals surface area contributed by atoms with Crippen LogP contribution in [0.3, 0.4) is 0 Å². The SMILES string of the molecule is CC1(C)CN(C(=O)C23CC4C[C@](C)(C2)C[C@@](c2ccccc2)(C4)C3)CC[C@@H]1N. The molecule has 152 valence electrons. The van der Waals surface area contributed by atoms with E-state index in [1.165, 1.54) is 24.8 Å². The first-order valence-electron chi connectivity index (χ1n) is 11.3. The molecule has 28 heavy (non-hydrogen) atoms. The van der Waals surface area contributed by atoms with E-state index in [-0.39, 0.29) is 22.3 Å². The summed E-state index contributed by atoms with van der Waals surface area (Å²) >= 11 is 0. The Bertz CT molecular complexity index is 789. The molecule has 1 aliphatic heterocycles. The molecule has 0 spiro atoms. The number of amides is 1. The molecule has 3 nitrogen and oxygen atoms in total. The minimum atomic E-state index is -0.151. The highest BCUT2D eigenvalue weighted by molar-refractivity contribution is 5.84. The number of benzene rings is 1. The maximum absolute atomic E-state index is 14.0. The van der Waals surface area contributed by atoms with Crippen LogP contribution in [0.15, 0.2) is 30.3 Å². The number of carbonyl (C=O) groups excluding carboxylic acids is 1. The molecule has 0 radical (unpaired) electrons. The first kappa shape index (κ1) is 18.7. The van der Waals surface area contributed by atoms with E-state index in [9.17, 15) is 4.79 Å². The third-order valence-corrected chi connectivity index (χ3v) is 8.79. The van der Waals surface area contributed by atoms with E-state index in [1.807, 2.05) is 0 Å². The first-order chi connectivity index (χ1) is 13.2. The Morgan fingerprint density at radius 2 is 1.79 bits per heavy atom. The van der Waals surface area contributed by atoms with Crippen molar-refractivity contribution >= 4 is 5.91 Å². The van der Waals surface area contributed by atoms with E-state index >= 15 is 0 Å². The number of carbonyl (C=O) groups is 1. The van der Waals surface area contributed by atoms with Crippen LogP contribution < -0.4 is 5.73 Å². The van der Waals surface area contributed by atoms with Crippen molar-refractivity contribution in [1.29, 1.82) is 0 Å². The zero-order valence-corrected chi connectivity index (χ0v) is 17.8. The van der Waals surface area contributed by atoms with Gasteiger partial charge in [-0.15, -0.1) is 0 Å². The Morgan fingerprint density at radius 3 is 2.46 bits per heavy atom. The normalized spacial score (nSPS) is 43.9. The minimum absolute atomic E-state index is 0.0111. The maximum atomic E-state index is 14.0. The largest absolute Gasteiger partial charge is 0.342 e. The van der Waals surface area contributed by atoms with Crippen LogP contribution in [0, 0.1) is 22.2 Å². The molecule has 4 aliphatic carbocycles. The average molecular weight is 381 g/mol. The molecule has 6 rings (SSSR count). The molecule has 4 bridgehead atoms. The second kappa shape index (κ2) is 5.84. The zero-order chi connectivity index (χ0) is 19.8. The van der Waals surface area contributed by atoms with Crippen molar-refractivity contribution in [2.75, 3.05) is 13.1 Å². The number of nitrogens with two attached hydrogens (primary N) is 1. The van der Waals surface area contributed by atoms with Crippen LogP contribution in [0.4, 0.5) is 0 Å². The fourth-order valence-corrected chi connectivity index (χ4v) is 8.16. The fourth-order valence-electron chi connectivity index (χ4n) is 8.16. The van der Waals surface area contributed by atoms with Crippen molar-refractivity contribution in [2.24, 2.45) is 27.9 Å². The summed E-state index contributed by atoms with van der Waals surface area (Å²) in [5.41, 5.74) is 8.21. The van der Waals surface area contributed by atoms with E-state index in [0.717, 1.165) is 38.8 Å². The number of likely N-dealkylation sites (tertiary alicyclic amines) is 1. The van der Waals surface area contributed by atoms with Gasteiger partial charge in [-0.1, -0.05) is 51.1 Å². The van der Waals surface area contributed by atoms with Crippen molar-refractivity contribution in [3.8, 4) is 0 Å². The molecule has 1 amide bonds. The second-order valence-electron chi connectivity index (χ2n) is 11.9. The van der Waals surface area contributed by atoms with Crippen molar-refractivity contribution in [3.63, 3.8) is 0 Å². The monoisotopic (exact) mass is 380 g/mol. The van der Waals surface area contributed by atoms with E-state index < -0.39 is 0 Å². The van der Waals surface area contributed by atoms with Crippen molar-refractivity contribution in [3.05, 3.63) is 35.9 Å². The molecule has 3 heteroatoms. The molecule has 2 N–H and O–H groups in total. The third-order valence-electron chi connectivity index (χ3n) is 8.79. The highest BCUT2D eigenvalue weighted by Gasteiger charge is 2.65. The Morgan fingerprint density at radius 1 is 1.04 bits per heavy atom. The fraction of sp³-hybridized carbons (Fsp3) is 0.720. The highest BCUT2D eigenvalue weighted by atomic mass is 16.2. The zero-order valence-electron chi connectivity index (χ0n) is 17.8. The molecule has 1 aromatic rings. The molecular formula is C25H36N2O. The van der Waals surface area contributed by atoms with Gasteiger partial charge in [0.15, 0.2) is 0 Å². The molecule has 1 heterocycles. The Hall–Kier alpha value is -1.35. The highest BCUT2D eigenvalue weighted by Crippen LogP contribution is 2.70. The smallest absolute Gasteiger partial charge is 0.228 e. The summed E-state index contributed by atoms with van der Waals surface area (Å²) in [6.07, 6.45) is 8.03. The van der Waals surface area contributed by atoms with Gasteiger partial charge in [-0.25, -0.2) is 0 Å². The van der Waals surface area contributed by atoms with Gasteiger partial charge >= 0.3 is 0 Å². The predicted molar refractivity (Wildman–Crippen MR) is 113 cm³/mol. The van der Waals surface area contributed by atoms with Crippen molar-refractivity contribution in [1.82, 2.24) is 4.90 Å². The van der Waals surface area contributed by atoms with Crippen molar-refractivity contribution in [2.45, 2.75) is 77.2 Å². The number of hydrogen-bond donors (Lipinski definition) is 1. The van der Waals surface area contributed by atoms with Crippen LogP contribution >= 0.6 is 0 Å². The van der Waals surface area contributed by atoms with E-state index in [4.69, 9.17) is 5.73 Å². The van der Waals surface area contributed by atoms with Crippen LogP contribution in [0.2, 0.25) is 0 Å². The van der Waals surface area contributed by atoms with Gasteiger partial charge in [0.05, 0.1) is 5.41 Å².